The fourth-order valence-corrected chi connectivity index (χ4v) is 1.84. The number of carbonyl (C=O) groups is 1. The number of hydroxylamine groups is 2. The van der Waals surface area contributed by atoms with Crippen LogP contribution in [-0.2, 0) is 4.79 Å². The van der Waals surface area contributed by atoms with Gasteiger partial charge in [-0.3, -0.25) is 10.0 Å². The molecular weight excluding hydrogens is 228 g/mol. The van der Waals surface area contributed by atoms with Gasteiger partial charge in [-0.25, -0.2) is 10.1 Å². The van der Waals surface area contributed by atoms with E-state index < -0.39 is 5.91 Å². The molecule has 1 aliphatic heterocycles. The number of unbranched alkanes of at least 4 members (excludes halogenated alkanes) is 2. The highest BCUT2D eigenvalue weighted by Gasteiger charge is 2.19. The van der Waals surface area contributed by atoms with Gasteiger partial charge in [0, 0.05) is 11.4 Å². The monoisotopic (exact) mass is 244 g/mol. The van der Waals surface area contributed by atoms with Gasteiger partial charge in [-0.1, -0.05) is 44.0 Å². The van der Waals surface area contributed by atoms with Crippen molar-refractivity contribution in [2.45, 2.75) is 26.2 Å². The van der Waals surface area contributed by atoms with Gasteiger partial charge in [-0.05, 0) is 12.5 Å². The number of fused-ring (bicyclic) bond motifs is 1. The number of para-hydroxylation sites is 1. The normalized spacial score (nSPS) is 13.9. The number of hydrogen-bond donors (Lipinski definition) is 1. The Hall–Kier alpha value is -1.94. The molecular formula is C14H16N2O2. The molecule has 2 rings (SSSR count). The average molecular weight is 244 g/mol. The standard InChI is InChI=1S/C14H16N2O2/c1-2-3-4-7-10-16(18)13-11-8-5-6-9-12(11)15-14(13)17/h5-10,18H,2-4H2,1H3/b10-7+. The summed E-state index contributed by atoms with van der Waals surface area (Å²) in [5, 5.41) is 12.0. The Morgan fingerprint density at radius 2 is 2.17 bits per heavy atom. The molecule has 0 aromatic heterocycles. The summed E-state index contributed by atoms with van der Waals surface area (Å²) in [6.07, 6.45) is 6.41. The zero-order valence-electron chi connectivity index (χ0n) is 10.3. The first-order chi connectivity index (χ1) is 8.74. The summed E-state index contributed by atoms with van der Waals surface area (Å²) in [6.45, 7) is 2.11. The molecule has 4 heteroatoms. The van der Waals surface area contributed by atoms with Gasteiger partial charge in [0.15, 0.2) is 0 Å². The highest BCUT2D eigenvalue weighted by molar-refractivity contribution is 6.14. The predicted molar refractivity (Wildman–Crippen MR) is 67.9 cm³/mol. The van der Waals surface area contributed by atoms with Gasteiger partial charge in [0.1, 0.15) is 5.70 Å². The van der Waals surface area contributed by atoms with E-state index in [1.165, 1.54) is 6.20 Å². The Balaban J connectivity index is 2.26. The number of nitrogens with zero attached hydrogens (tertiary/aromatic N) is 2. The second-order valence-corrected chi connectivity index (χ2v) is 4.15. The highest BCUT2D eigenvalue weighted by Crippen LogP contribution is 2.07. The molecule has 0 radical (unpaired) electrons. The van der Waals surface area contributed by atoms with Crippen LogP contribution in [0.5, 0.6) is 0 Å². The van der Waals surface area contributed by atoms with Crippen LogP contribution in [-0.4, -0.2) is 16.2 Å². The molecule has 1 N–H and O–H groups in total. The third-order valence-electron chi connectivity index (χ3n) is 2.78. The van der Waals surface area contributed by atoms with E-state index in [9.17, 15) is 10.0 Å². The van der Waals surface area contributed by atoms with Crippen LogP contribution >= 0.6 is 0 Å². The van der Waals surface area contributed by atoms with Crippen LogP contribution in [0.3, 0.4) is 0 Å². The first-order valence-electron chi connectivity index (χ1n) is 6.11. The van der Waals surface area contributed by atoms with Crippen molar-refractivity contribution in [2.75, 3.05) is 0 Å². The van der Waals surface area contributed by atoms with Crippen molar-refractivity contribution in [3.63, 3.8) is 0 Å². The van der Waals surface area contributed by atoms with Crippen LogP contribution in [0, 0.1) is 0 Å². The minimum atomic E-state index is -0.404. The summed E-state index contributed by atoms with van der Waals surface area (Å²) in [5.74, 6) is -0.404. The Kier molecular flexibility index (Phi) is 3.89. The maximum absolute atomic E-state index is 11.7. The van der Waals surface area contributed by atoms with Gasteiger partial charge in [-0.2, -0.15) is 0 Å². The minimum Gasteiger partial charge on any atom is -0.284 e. The zero-order chi connectivity index (χ0) is 13.0. The van der Waals surface area contributed by atoms with E-state index in [0.29, 0.717) is 10.6 Å². The molecule has 0 saturated heterocycles. The van der Waals surface area contributed by atoms with E-state index in [-0.39, 0.29) is 5.70 Å². The van der Waals surface area contributed by atoms with E-state index >= 15 is 0 Å². The van der Waals surface area contributed by atoms with Crippen molar-refractivity contribution < 1.29 is 10.0 Å². The first-order valence-corrected chi connectivity index (χ1v) is 6.11. The van der Waals surface area contributed by atoms with E-state index in [4.69, 9.17) is 0 Å². The summed E-state index contributed by atoms with van der Waals surface area (Å²) in [7, 11) is 0. The summed E-state index contributed by atoms with van der Waals surface area (Å²) in [5.41, 5.74) is 0.221. The van der Waals surface area contributed by atoms with Crippen molar-refractivity contribution in [1.82, 2.24) is 5.06 Å². The van der Waals surface area contributed by atoms with Gasteiger partial charge < -0.3 is 0 Å². The number of allylic oxidation sites excluding steroid dienone is 1. The number of benzene rings is 1. The van der Waals surface area contributed by atoms with Crippen LogP contribution < -0.4 is 10.6 Å². The molecule has 94 valence electrons. The van der Waals surface area contributed by atoms with E-state index in [1.807, 2.05) is 18.2 Å². The number of rotatable bonds is 5. The Labute approximate surface area is 106 Å². The lowest BCUT2D eigenvalue weighted by atomic mass is 10.2. The smallest absolute Gasteiger partial charge is 0.284 e. The number of hydrogen-bond acceptors (Lipinski definition) is 3. The first kappa shape index (κ1) is 12.5. The lowest BCUT2D eigenvalue weighted by Gasteiger charge is -2.10. The van der Waals surface area contributed by atoms with E-state index in [0.717, 1.165) is 24.3 Å². The Morgan fingerprint density at radius 3 is 2.94 bits per heavy atom. The quantitative estimate of drug-likeness (QED) is 0.628. The van der Waals surface area contributed by atoms with Crippen molar-refractivity contribution in [3.8, 4) is 0 Å². The fraction of sp³-hybridized carbons (Fsp3) is 0.286. The van der Waals surface area contributed by atoms with Gasteiger partial charge in [0.05, 0.1) is 5.36 Å². The van der Waals surface area contributed by atoms with Crippen LogP contribution in [0.4, 0.5) is 0 Å². The molecule has 0 bridgehead atoms. The van der Waals surface area contributed by atoms with Crippen LogP contribution in [0.1, 0.15) is 26.2 Å². The molecule has 0 unspecified atom stereocenters. The highest BCUT2D eigenvalue weighted by atomic mass is 16.5. The van der Waals surface area contributed by atoms with Crippen molar-refractivity contribution >= 4 is 11.6 Å². The molecule has 1 aromatic carbocycles. The molecule has 1 aromatic rings. The Bertz CT molecular complexity index is 590. The summed E-state index contributed by atoms with van der Waals surface area (Å²) < 4.78 is 0. The molecule has 1 aliphatic rings. The largest absolute Gasteiger partial charge is 0.297 e. The van der Waals surface area contributed by atoms with Crippen molar-refractivity contribution in [1.29, 1.82) is 0 Å². The Morgan fingerprint density at radius 1 is 1.39 bits per heavy atom. The van der Waals surface area contributed by atoms with E-state index in [2.05, 4.69) is 11.9 Å². The van der Waals surface area contributed by atoms with Gasteiger partial charge in [0.25, 0.3) is 5.91 Å². The second kappa shape index (κ2) is 5.60. The third kappa shape index (κ3) is 2.49. The van der Waals surface area contributed by atoms with E-state index in [1.54, 1.807) is 12.1 Å². The van der Waals surface area contributed by atoms with Gasteiger partial charge >= 0.3 is 0 Å². The third-order valence-corrected chi connectivity index (χ3v) is 2.78. The summed E-state index contributed by atoms with van der Waals surface area (Å²) >= 11 is 0. The average Bonchev–Trinajstić information content (AvgIpc) is 2.70. The number of carbonyl (C=O) groups excluding carboxylic acids is 1. The van der Waals surface area contributed by atoms with Crippen LogP contribution in [0.15, 0.2) is 41.5 Å². The summed E-state index contributed by atoms with van der Waals surface area (Å²) in [4.78, 5) is 15.6. The maximum Gasteiger partial charge on any atom is 0.297 e. The molecule has 18 heavy (non-hydrogen) atoms. The molecule has 4 nitrogen and oxygen atoms in total. The topological polar surface area (TPSA) is 52.9 Å². The molecule has 0 atom stereocenters. The maximum atomic E-state index is 11.7. The van der Waals surface area contributed by atoms with Crippen LogP contribution in [0.2, 0.25) is 0 Å². The molecule has 1 amide bonds. The zero-order valence-corrected chi connectivity index (χ0v) is 10.3. The number of amides is 1. The van der Waals surface area contributed by atoms with Crippen molar-refractivity contribution in [3.05, 3.63) is 47.1 Å². The lowest BCUT2D eigenvalue weighted by Crippen LogP contribution is -2.27. The van der Waals surface area contributed by atoms with Crippen molar-refractivity contribution in [2.24, 2.45) is 4.99 Å². The summed E-state index contributed by atoms with van der Waals surface area (Å²) in [6, 6.07) is 7.18. The predicted octanol–water partition coefficient (Wildman–Crippen LogP) is 1.35. The SMILES string of the molecule is CCCC/C=C/N(O)C1=c2ccccc2=NC1=O. The molecule has 1 heterocycles. The molecule has 0 fully saturated rings. The lowest BCUT2D eigenvalue weighted by molar-refractivity contribution is -0.115. The minimum absolute atomic E-state index is 0.221. The second-order valence-electron chi connectivity index (χ2n) is 4.15. The van der Waals surface area contributed by atoms with Gasteiger partial charge in [0.2, 0.25) is 0 Å². The fourth-order valence-electron chi connectivity index (χ4n) is 1.84. The van der Waals surface area contributed by atoms with Crippen LogP contribution in [0.25, 0.3) is 5.70 Å². The molecule has 0 aliphatic carbocycles. The molecule has 0 saturated carbocycles. The molecule has 0 spiro atoms. The van der Waals surface area contributed by atoms with Gasteiger partial charge in [-0.15, -0.1) is 0 Å².